The summed E-state index contributed by atoms with van der Waals surface area (Å²) in [6, 6.07) is 6.03. The van der Waals surface area contributed by atoms with Crippen LogP contribution in [0.3, 0.4) is 0 Å². The van der Waals surface area contributed by atoms with Crippen molar-refractivity contribution in [1.29, 1.82) is 0 Å². The van der Waals surface area contributed by atoms with Gasteiger partial charge in [-0.15, -0.1) is 0 Å². The molecule has 3 heterocycles. The lowest BCUT2D eigenvalue weighted by Gasteiger charge is -2.35. The number of rotatable bonds is 3. The van der Waals surface area contributed by atoms with Gasteiger partial charge in [0.1, 0.15) is 0 Å². The van der Waals surface area contributed by atoms with Crippen LogP contribution in [-0.4, -0.2) is 74.2 Å². The van der Waals surface area contributed by atoms with Crippen molar-refractivity contribution < 1.29 is 31.9 Å². The second kappa shape index (κ2) is 9.11. The summed E-state index contributed by atoms with van der Waals surface area (Å²) < 4.78 is 50.2. The molecule has 3 amide bonds. The lowest BCUT2D eigenvalue weighted by molar-refractivity contribution is -0.137. The van der Waals surface area contributed by atoms with Crippen LogP contribution >= 0.6 is 0 Å². The van der Waals surface area contributed by atoms with Crippen LogP contribution in [0.4, 0.5) is 29.3 Å². The third-order valence-corrected chi connectivity index (χ3v) is 5.50. The van der Waals surface area contributed by atoms with E-state index in [9.17, 15) is 22.8 Å². The summed E-state index contributed by atoms with van der Waals surface area (Å²) in [7, 11) is 0. The Hall–Kier alpha value is -3.21. The van der Waals surface area contributed by atoms with Crippen molar-refractivity contribution in [3.8, 4) is 0 Å². The number of amides is 3. The number of nitrogens with one attached hydrogen (secondary N) is 1. The van der Waals surface area contributed by atoms with Crippen LogP contribution in [0.1, 0.15) is 16.1 Å². The normalized spacial score (nSPS) is 17.4. The van der Waals surface area contributed by atoms with Crippen LogP contribution in [0.5, 0.6) is 0 Å². The van der Waals surface area contributed by atoms with Gasteiger partial charge in [-0.05, 0) is 30.3 Å². The fourth-order valence-corrected chi connectivity index (χ4v) is 3.76. The fourth-order valence-electron chi connectivity index (χ4n) is 3.76. The van der Waals surface area contributed by atoms with Gasteiger partial charge in [0.15, 0.2) is 5.76 Å². The molecule has 2 saturated heterocycles. The summed E-state index contributed by atoms with van der Waals surface area (Å²) in [4.78, 5) is 30.2. The van der Waals surface area contributed by atoms with Crippen LogP contribution in [0, 0.1) is 0 Å². The first-order chi connectivity index (χ1) is 15.3. The van der Waals surface area contributed by atoms with Crippen molar-refractivity contribution in [3.05, 3.63) is 47.9 Å². The van der Waals surface area contributed by atoms with Gasteiger partial charge in [0, 0.05) is 39.3 Å². The average Bonchev–Trinajstić information content (AvgIpc) is 3.33. The molecule has 2 fully saturated rings. The second-order valence-corrected chi connectivity index (χ2v) is 7.52. The number of benzene rings is 1. The highest BCUT2D eigenvalue weighted by Gasteiger charge is 2.32. The highest BCUT2D eigenvalue weighted by atomic mass is 19.4. The molecule has 32 heavy (non-hydrogen) atoms. The molecular weight excluding hydrogens is 429 g/mol. The van der Waals surface area contributed by atoms with Gasteiger partial charge in [-0.1, -0.05) is 0 Å². The molecule has 1 aromatic heterocycles. The Morgan fingerprint density at radius 2 is 1.62 bits per heavy atom. The summed E-state index contributed by atoms with van der Waals surface area (Å²) in [5, 5.41) is 2.64. The molecule has 2 aromatic rings. The summed E-state index contributed by atoms with van der Waals surface area (Å²) in [5.74, 6) is -0.0374. The largest absolute Gasteiger partial charge is 0.459 e. The van der Waals surface area contributed by atoms with E-state index in [2.05, 4.69) is 5.32 Å². The summed E-state index contributed by atoms with van der Waals surface area (Å²) in [5.41, 5.74) is -0.222. The van der Waals surface area contributed by atoms with Crippen LogP contribution < -0.4 is 10.2 Å². The number of urea groups is 1. The fraction of sp³-hybridized carbons (Fsp3) is 0.429. The predicted octanol–water partition coefficient (Wildman–Crippen LogP) is 3.12. The zero-order chi connectivity index (χ0) is 22.7. The minimum absolute atomic E-state index is 0.0980. The van der Waals surface area contributed by atoms with Gasteiger partial charge < -0.3 is 29.2 Å². The maximum Gasteiger partial charge on any atom is 0.416 e. The lowest BCUT2D eigenvalue weighted by Crippen LogP contribution is -2.51. The van der Waals surface area contributed by atoms with Gasteiger partial charge in [0.05, 0.1) is 36.4 Å². The molecule has 172 valence electrons. The summed E-state index contributed by atoms with van der Waals surface area (Å²) in [6.07, 6.45) is -3.11. The van der Waals surface area contributed by atoms with E-state index < -0.39 is 17.8 Å². The maximum atomic E-state index is 13.3. The minimum atomic E-state index is -4.53. The zero-order valence-corrected chi connectivity index (χ0v) is 17.2. The van der Waals surface area contributed by atoms with Crippen molar-refractivity contribution in [2.24, 2.45) is 0 Å². The predicted molar refractivity (Wildman–Crippen MR) is 110 cm³/mol. The quantitative estimate of drug-likeness (QED) is 0.775. The molecule has 1 aromatic carbocycles. The van der Waals surface area contributed by atoms with E-state index in [0.717, 1.165) is 12.1 Å². The lowest BCUT2D eigenvalue weighted by atomic mass is 10.1. The Bertz CT molecular complexity index is 950. The number of hydrogen-bond donors (Lipinski definition) is 1. The molecule has 2 aliphatic rings. The number of ether oxygens (including phenoxy) is 1. The number of carbonyl (C=O) groups is 2. The molecule has 2 aliphatic heterocycles. The topological polar surface area (TPSA) is 78.3 Å². The van der Waals surface area contributed by atoms with Gasteiger partial charge in [-0.25, -0.2) is 4.79 Å². The van der Waals surface area contributed by atoms with Crippen molar-refractivity contribution in [3.63, 3.8) is 0 Å². The van der Waals surface area contributed by atoms with Crippen LogP contribution in [0.2, 0.25) is 0 Å². The highest BCUT2D eigenvalue weighted by molar-refractivity contribution is 5.94. The first-order valence-corrected chi connectivity index (χ1v) is 10.3. The van der Waals surface area contributed by atoms with E-state index >= 15 is 0 Å². The Kier molecular flexibility index (Phi) is 6.26. The third kappa shape index (κ3) is 4.82. The first-order valence-electron chi connectivity index (χ1n) is 10.3. The van der Waals surface area contributed by atoms with E-state index in [1.165, 1.54) is 17.2 Å². The molecule has 8 nitrogen and oxygen atoms in total. The van der Waals surface area contributed by atoms with Crippen molar-refractivity contribution >= 4 is 23.3 Å². The molecule has 11 heteroatoms. The molecule has 0 aliphatic carbocycles. The first kappa shape index (κ1) is 22.0. The molecule has 0 spiro atoms. The van der Waals surface area contributed by atoms with E-state index in [-0.39, 0.29) is 30.4 Å². The van der Waals surface area contributed by atoms with Gasteiger partial charge in [-0.2, -0.15) is 13.2 Å². The minimum Gasteiger partial charge on any atom is -0.459 e. The van der Waals surface area contributed by atoms with Gasteiger partial charge in [0.2, 0.25) is 0 Å². The number of anilines is 2. The van der Waals surface area contributed by atoms with E-state index in [1.807, 2.05) is 4.90 Å². The molecule has 0 unspecified atom stereocenters. The Morgan fingerprint density at radius 1 is 0.938 bits per heavy atom. The number of halogens is 3. The Labute approximate surface area is 182 Å². The molecule has 1 N–H and O–H groups in total. The van der Waals surface area contributed by atoms with E-state index in [4.69, 9.17) is 9.15 Å². The SMILES string of the molecule is O=C(Nc1cc(C(F)(F)F)ccc1N1CCOCC1)N1CCN(C(=O)c2ccco2)CC1. The smallest absolute Gasteiger partial charge is 0.416 e. The van der Waals surface area contributed by atoms with Gasteiger partial charge in [-0.3, -0.25) is 4.79 Å². The molecule has 4 rings (SSSR count). The van der Waals surface area contributed by atoms with Crippen molar-refractivity contribution in [2.75, 3.05) is 62.7 Å². The zero-order valence-electron chi connectivity index (χ0n) is 17.2. The number of piperazine rings is 1. The standard InChI is InChI=1S/C21H23F3N4O4/c22-21(23,24)15-3-4-17(26-9-12-31-13-10-26)16(14-15)25-20(30)28-7-5-27(6-8-28)19(29)18-2-1-11-32-18/h1-4,11,14H,5-10,12-13H2,(H,25,30). The van der Waals surface area contributed by atoms with Crippen LogP contribution in [0.25, 0.3) is 0 Å². The number of morpholine rings is 1. The monoisotopic (exact) mass is 452 g/mol. The van der Waals surface area contributed by atoms with Gasteiger partial charge >= 0.3 is 12.2 Å². The van der Waals surface area contributed by atoms with Crippen molar-refractivity contribution in [2.45, 2.75) is 6.18 Å². The molecule has 0 saturated carbocycles. The van der Waals surface area contributed by atoms with Gasteiger partial charge in [0.25, 0.3) is 5.91 Å². The molecule has 0 radical (unpaired) electrons. The number of furan rings is 1. The maximum absolute atomic E-state index is 13.3. The van der Waals surface area contributed by atoms with E-state index in [1.54, 1.807) is 17.0 Å². The molecule has 0 atom stereocenters. The number of nitrogens with zero attached hydrogens (tertiary/aromatic N) is 3. The average molecular weight is 452 g/mol. The number of carbonyl (C=O) groups excluding carboxylic acids is 2. The number of hydrogen-bond acceptors (Lipinski definition) is 5. The highest BCUT2D eigenvalue weighted by Crippen LogP contribution is 2.36. The Morgan fingerprint density at radius 3 is 2.25 bits per heavy atom. The Balaban J connectivity index is 1.45. The van der Waals surface area contributed by atoms with Crippen molar-refractivity contribution in [1.82, 2.24) is 9.80 Å². The van der Waals surface area contributed by atoms with Crippen LogP contribution in [-0.2, 0) is 10.9 Å². The summed E-state index contributed by atoms with van der Waals surface area (Å²) in [6.45, 7) is 3.05. The summed E-state index contributed by atoms with van der Waals surface area (Å²) >= 11 is 0. The van der Waals surface area contributed by atoms with E-state index in [0.29, 0.717) is 45.1 Å². The second-order valence-electron chi connectivity index (χ2n) is 7.52. The number of alkyl halides is 3. The third-order valence-electron chi connectivity index (χ3n) is 5.50. The van der Waals surface area contributed by atoms with Crippen LogP contribution in [0.15, 0.2) is 41.0 Å². The molecule has 0 bridgehead atoms. The molecular formula is C21H23F3N4O4.